The van der Waals surface area contributed by atoms with Gasteiger partial charge in [0.25, 0.3) is 5.91 Å². The molecule has 1 amide bonds. The minimum absolute atomic E-state index is 0.0189. The number of carbonyl (C=O) groups is 1. The van der Waals surface area contributed by atoms with Gasteiger partial charge in [0.2, 0.25) is 6.10 Å². The summed E-state index contributed by atoms with van der Waals surface area (Å²) in [6.07, 6.45) is -3.77. The fourth-order valence-electron chi connectivity index (χ4n) is 3.33. The quantitative estimate of drug-likeness (QED) is 0.840. The van der Waals surface area contributed by atoms with Crippen LogP contribution >= 0.6 is 0 Å². The van der Waals surface area contributed by atoms with E-state index in [0.29, 0.717) is 30.5 Å². The van der Waals surface area contributed by atoms with E-state index in [2.05, 4.69) is 10.5 Å². The van der Waals surface area contributed by atoms with E-state index >= 15 is 0 Å². The number of nitrogens with one attached hydrogen (secondary N) is 1. The molecule has 1 aliphatic carbocycles. The Labute approximate surface area is 142 Å². The third kappa shape index (κ3) is 4.11. The van der Waals surface area contributed by atoms with Gasteiger partial charge in [-0.05, 0) is 25.0 Å². The third-order valence-electron chi connectivity index (χ3n) is 4.63. The van der Waals surface area contributed by atoms with Crippen molar-refractivity contribution in [2.24, 2.45) is 11.1 Å². The van der Waals surface area contributed by atoms with E-state index in [0.717, 1.165) is 0 Å². The van der Waals surface area contributed by atoms with E-state index in [1.165, 1.54) is 18.2 Å². The molecule has 0 bridgehead atoms. The zero-order valence-corrected chi connectivity index (χ0v) is 13.4. The predicted octanol–water partition coefficient (Wildman–Crippen LogP) is 3.56. The molecule has 0 aromatic heterocycles. The summed E-state index contributed by atoms with van der Waals surface area (Å²) < 4.78 is 52.6. The zero-order chi connectivity index (χ0) is 18.0. The molecular formula is C17H18F4N2O2. The van der Waals surface area contributed by atoms with Crippen molar-refractivity contribution in [2.45, 2.75) is 50.4 Å². The maximum Gasteiger partial charge on any atom is 0.393 e. The van der Waals surface area contributed by atoms with Gasteiger partial charge in [0.1, 0.15) is 5.82 Å². The fourth-order valence-corrected chi connectivity index (χ4v) is 3.33. The Kier molecular flexibility index (Phi) is 4.96. The number of nitrogens with zero attached hydrogens (tertiary/aromatic N) is 1. The van der Waals surface area contributed by atoms with E-state index in [1.807, 2.05) is 0 Å². The smallest absolute Gasteiger partial charge is 0.382 e. The second kappa shape index (κ2) is 7.01. The highest BCUT2D eigenvalue weighted by Crippen LogP contribution is 2.37. The van der Waals surface area contributed by atoms with Gasteiger partial charge in [0.15, 0.2) is 0 Å². The average molecular weight is 358 g/mol. The van der Waals surface area contributed by atoms with E-state index < -0.39 is 36.0 Å². The molecule has 0 spiro atoms. The topological polar surface area (TPSA) is 50.7 Å². The molecule has 1 aromatic carbocycles. The van der Waals surface area contributed by atoms with Crippen LogP contribution < -0.4 is 5.32 Å². The standard InChI is InChI=1S/C17H18F4N2O2/c18-11-5-3-4-10(8-11)14-9-15(25-23-14)16(24)22-13-7-2-1-6-12(13)17(19,20)21/h3-5,8,12-13,15H,1-2,6-7,9H2,(H,22,24)/t12-,13+,15-/m0/s1. The van der Waals surface area contributed by atoms with Crippen LogP contribution in [-0.2, 0) is 9.63 Å². The molecular weight excluding hydrogens is 340 g/mol. The molecule has 1 N–H and O–H groups in total. The molecule has 1 aliphatic heterocycles. The van der Waals surface area contributed by atoms with Gasteiger partial charge in [-0.25, -0.2) is 4.39 Å². The molecule has 25 heavy (non-hydrogen) atoms. The first-order valence-corrected chi connectivity index (χ1v) is 8.20. The van der Waals surface area contributed by atoms with Crippen LogP contribution in [-0.4, -0.2) is 29.9 Å². The van der Waals surface area contributed by atoms with Crippen LogP contribution in [0.25, 0.3) is 0 Å². The number of amides is 1. The molecule has 1 fully saturated rings. The number of oxime groups is 1. The van der Waals surface area contributed by atoms with Crippen LogP contribution in [0.15, 0.2) is 29.4 Å². The fraction of sp³-hybridized carbons (Fsp3) is 0.529. The highest BCUT2D eigenvalue weighted by molar-refractivity contribution is 6.04. The molecule has 1 saturated carbocycles. The molecule has 3 atom stereocenters. The van der Waals surface area contributed by atoms with Crippen molar-refractivity contribution in [1.29, 1.82) is 0 Å². The van der Waals surface area contributed by atoms with E-state index in [4.69, 9.17) is 4.84 Å². The van der Waals surface area contributed by atoms with E-state index in [9.17, 15) is 22.4 Å². The summed E-state index contributed by atoms with van der Waals surface area (Å²) in [4.78, 5) is 17.3. The molecule has 8 heteroatoms. The summed E-state index contributed by atoms with van der Waals surface area (Å²) in [5.74, 6) is -2.59. The number of carbonyl (C=O) groups excluding carboxylic acids is 1. The molecule has 0 unspecified atom stereocenters. The van der Waals surface area contributed by atoms with Gasteiger partial charge in [-0.1, -0.05) is 30.1 Å². The maximum absolute atomic E-state index is 13.3. The number of rotatable bonds is 3. The van der Waals surface area contributed by atoms with Crippen molar-refractivity contribution in [3.63, 3.8) is 0 Å². The molecule has 4 nitrogen and oxygen atoms in total. The van der Waals surface area contributed by atoms with Crippen LogP contribution in [0.5, 0.6) is 0 Å². The lowest BCUT2D eigenvalue weighted by Crippen LogP contribution is -2.50. The summed E-state index contributed by atoms with van der Waals surface area (Å²) in [7, 11) is 0. The molecule has 136 valence electrons. The Bertz CT molecular complexity index is 675. The lowest BCUT2D eigenvalue weighted by Gasteiger charge is -2.33. The molecule has 0 radical (unpaired) electrons. The third-order valence-corrected chi connectivity index (χ3v) is 4.63. The van der Waals surface area contributed by atoms with Gasteiger partial charge in [-0.15, -0.1) is 0 Å². The van der Waals surface area contributed by atoms with Gasteiger partial charge < -0.3 is 10.2 Å². The molecule has 3 rings (SSSR count). The Morgan fingerprint density at radius 3 is 2.72 bits per heavy atom. The Morgan fingerprint density at radius 2 is 2.00 bits per heavy atom. The summed E-state index contributed by atoms with van der Waals surface area (Å²) in [5.41, 5.74) is 0.886. The number of halogens is 4. The normalized spacial score (nSPS) is 26.7. The first-order valence-electron chi connectivity index (χ1n) is 8.20. The predicted molar refractivity (Wildman–Crippen MR) is 82.4 cm³/mol. The lowest BCUT2D eigenvalue weighted by atomic mass is 9.84. The molecule has 2 aliphatic rings. The second-order valence-corrected chi connectivity index (χ2v) is 6.39. The van der Waals surface area contributed by atoms with E-state index in [-0.39, 0.29) is 12.8 Å². The van der Waals surface area contributed by atoms with Gasteiger partial charge in [0.05, 0.1) is 11.6 Å². The number of hydrogen-bond acceptors (Lipinski definition) is 3. The van der Waals surface area contributed by atoms with Crippen LogP contribution in [0.3, 0.4) is 0 Å². The van der Waals surface area contributed by atoms with Crippen LogP contribution in [0, 0.1) is 11.7 Å². The van der Waals surface area contributed by atoms with Gasteiger partial charge in [-0.2, -0.15) is 13.2 Å². The molecule has 1 aromatic rings. The number of alkyl halides is 3. The largest absolute Gasteiger partial charge is 0.393 e. The molecule has 0 saturated heterocycles. The van der Waals surface area contributed by atoms with E-state index in [1.54, 1.807) is 6.07 Å². The Balaban J connectivity index is 1.61. The lowest BCUT2D eigenvalue weighted by molar-refractivity contribution is -0.189. The van der Waals surface area contributed by atoms with Crippen LogP contribution in [0.1, 0.15) is 37.7 Å². The monoisotopic (exact) mass is 358 g/mol. The minimum atomic E-state index is -4.34. The maximum atomic E-state index is 13.3. The van der Waals surface area contributed by atoms with Crippen molar-refractivity contribution < 1.29 is 27.2 Å². The number of hydrogen-bond donors (Lipinski definition) is 1. The minimum Gasteiger partial charge on any atom is -0.382 e. The van der Waals surface area contributed by atoms with Crippen molar-refractivity contribution in [1.82, 2.24) is 5.32 Å². The van der Waals surface area contributed by atoms with Crippen molar-refractivity contribution in [3.05, 3.63) is 35.6 Å². The van der Waals surface area contributed by atoms with Gasteiger partial charge in [0, 0.05) is 18.0 Å². The van der Waals surface area contributed by atoms with Gasteiger partial charge in [-0.3, -0.25) is 4.79 Å². The second-order valence-electron chi connectivity index (χ2n) is 6.39. The highest BCUT2D eigenvalue weighted by atomic mass is 19.4. The first-order chi connectivity index (χ1) is 11.8. The number of benzene rings is 1. The summed E-state index contributed by atoms with van der Waals surface area (Å²) in [5, 5.41) is 6.25. The zero-order valence-electron chi connectivity index (χ0n) is 13.4. The summed E-state index contributed by atoms with van der Waals surface area (Å²) in [6, 6.07) is 4.75. The SMILES string of the molecule is O=C(N[C@@H]1CCCC[C@@H]1C(F)(F)F)[C@@H]1CC(c2cccc(F)c2)=NO1. The highest BCUT2D eigenvalue weighted by Gasteiger charge is 2.46. The first kappa shape index (κ1) is 17.7. The average Bonchev–Trinajstić information content (AvgIpc) is 3.04. The Hall–Kier alpha value is -2.12. The van der Waals surface area contributed by atoms with Crippen molar-refractivity contribution in [3.8, 4) is 0 Å². The summed E-state index contributed by atoms with van der Waals surface area (Å²) >= 11 is 0. The summed E-state index contributed by atoms with van der Waals surface area (Å²) in [6.45, 7) is 0. The van der Waals surface area contributed by atoms with Crippen molar-refractivity contribution in [2.75, 3.05) is 0 Å². The Morgan fingerprint density at radius 1 is 1.24 bits per heavy atom. The molecule has 1 heterocycles. The van der Waals surface area contributed by atoms with Crippen LogP contribution in [0.2, 0.25) is 0 Å². The van der Waals surface area contributed by atoms with Crippen LogP contribution in [0.4, 0.5) is 17.6 Å². The van der Waals surface area contributed by atoms with Crippen molar-refractivity contribution >= 4 is 11.6 Å². The van der Waals surface area contributed by atoms with Gasteiger partial charge >= 0.3 is 6.18 Å².